The molecular weight excluding hydrogens is 240 g/mol. The van der Waals surface area contributed by atoms with Gasteiger partial charge in [-0.2, -0.15) is 0 Å². The van der Waals surface area contributed by atoms with E-state index in [1.165, 1.54) is 5.56 Å². The fourth-order valence-corrected chi connectivity index (χ4v) is 1.75. The molecule has 0 saturated carbocycles. The van der Waals surface area contributed by atoms with Crippen LogP contribution >= 0.6 is 0 Å². The van der Waals surface area contributed by atoms with Gasteiger partial charge in [0.2, 0.25) is 5.96 Å². The van der Waals surface area contributed by atoms with E-state index >= 15 is 0 Å². The molecule has 2 unspecified atom stereocenters. The van der Waals surface area contributed by atoms with Crippen LogP contribution in [0.1, 0.15) is 31.0 Å². The average Bonchev–Trinajstić information content (AvgIpc) is 2.38. The third-order valence-electron chi connectivity index (χ3n) is 2.82. The third kappa shape index (κ3) is 5.28. The zero-order valence-corrected chi connectivity index (χ0v) is 12.1. The van der Waals surface area contributed by atoms with E-state index in [9.17, 15) is 0 Å². The van der Waals surface area contributed by atoms with Crippen LogP contribution in [0.15, 0.2) is 29.3 Å². The van der Waals surface area contributed by atoms with Crippen LogP contribution in [0.25, 0.3) is 0 Å². The molecule has 0 amide bonds. The Balaban J connectivity index is 2.71. The second-order valence-corrected chi connectivity index (χ2v) is 4.71. The zero-order chi connectivity index (χ0) is 14.3. The van der Waals surface area contributed by atoms with Gasteiger partial charge in [0.25, 0.3) is 0 Å². The standard InChI is InChI=1S/C14H24N4O/c1-10-5-7-13(8-6-10)12(3)17-14(18-15)16-11(2)9-19-4/h5-8,11-12H,9,15H2,1-4H3,(H2,16,17,18). The lowest BCUT2D eigenvalue weighted by Crippen LogP contribution is -2.47. The van der Waals surface area contributed by atoms with E-state index in [0.717, 1.165) is 5.56 Å². The first-order valence-corrected chi connectivity index (χ1v) is 6.43. The first-order valence-electron chi connectivity index (χ1n) is 6.43. The van der Waals surface area contributed by atoms with Gasteiger partial charge >= 0.3 is 0 Å². The summed E-state index contributed by atoms with van der Waals surface area (Å²) in [5.74, 6) is 6.05. The fourth-order valence-electron chi connectivity index (χ4n) is 1.75. The topological polar surface area (TPSA) is 71.7 Å². The molecule has 106 valence electrons. The Kier molecular flexibility index (Phi) is 6.32. The number of guanidine groups is 1. The molecule has 0 heterocycles. The number of aliphatic imine (C=N–C) groups is 1. The molecule has 5 nitrogen and oxygen atoms in total. The molecule has 0 fully saturated rings. The van der Waals surface area contributed by atoms with Crippen LogP contribution in [-0.2, 0) is 4.74 Å². The minimum atomic E-state index is 0.0360. The van der Waals surface area contributed by atoms with Gasteiger partial charge in [-0.25, -0.2) is 10.8 Å². The number of benzene rings is 1. The maximum atomic E-state index is 5.48. The van der Waals surface area contributed by atoms with E-state index in [2.05, 4.69) is 46.9 Å². The smallest absolute Gasteiger partial charge is 0.206 e. The van der Waals surface area contributed by atoms with Crippen molar-refractivity contribution in [2.45, 2.75) is 32.9 Å². The summed E-state index contributed by atoms with van der Waals surface area (Å²) in [6.07, 6.45) is 0. The Morgan fingerprint density at radius 3 is 2.47 bits per heavy atom. The molecular formula is C14H24N4O. The summed E-state index contributed by atoms with van der Waals surface area (Å²) in [5.41, 5.74) is 4.98. The molecule has 4 N–H and O–H groups in total. The van der Waals surface area contributed by atoms with Crippen molar-refractivity contribution in [3.05, 3.63) is 35.4 Å². The molecule has 0 saturated heterocycles. The first kappa shape index (κ1) is 15.5. The van der Waals surface area contributed by atoms with Crippen LogP contribution in [0.3, 0.4) is 0 Å². The monoisotopic (exact) mass is 264 g/mol. The number of hydrogen-bond acceptors (Lipinski definition) is 3. The minimum Gasteiger partial charge on any atom is -0.383 e. The predicted octanol–water partition coefficient (Wildman–Crippen LogP) is 1.50. The number of hydrogen-bond donors (Lipinski definition) is 3. The largest absolute Gasteiger partial charge is 0.383 e. The van der Waals surface area contributed by atoms with Crippen LogP contribution < -0.4 is 16.6 Å². The van der Waals surface area contributed by atoms with E-state index in [1.54, 1.807) is 7.11 Å². The van der Waals surface area contributed by atoms with Gasteiger partial charge in [-0.05, 0) is 26.3 Å². The van der Waals surface area contributed by atoms with Crippen molar-refractivity contribution in [2.75, 3.05) is 13.7 Å². The van der Waals surface area contributed by atoms with Crippen molar-refractivity contribution in [2.24, 2.45) is 10.8 Å². The molecule has 0 aliphatic heterocycles. The summed E-state index contributed by atoms with van der Waals surface area (Å²) < 4.78 is 5.07. The molecule has 5 heteroatoms. The Labute approximate surface area is 115 Å². The molecule has 0 spiro atoms. The summed E-state index contributed by atoms with van der Waals surface area (Å²) in [7, 11) is 1.67. The molecule has 1 aromatic carbocycles. The van der Waals surface area contributed by atoms with Crippen molar-refractivity contribution < 1.29 is 4.74 Å². The Morgan fingerprint density at radius 1 is 1.32 bits per heavy atom. The highest BCUT2D eigenvalue weighted by atomic mass is 16.5. The van der Waals surface area contributed by atoms with Gasteiger partial charge in [0.05, 0.1) is 12.6 Å². The van der Waals surface area contributed by atoms with E-state index < -0.39 is 0 Å². The van der Waals surface area contributed by atoms with Gasteiger partial charge in [0.15, 0.2) is 0 Å². The van der Waals surface area contributed by atoms with Crippen molar-refractivity contribution >= 4 is 5.96 Å². The number of nitrogens with one attached hydrogen (secondary N) is 2. The van der Waals surface area contributed by atoms with Crippen molar-refractivity contribution in [3.63, 3.8) is 0 Å². The maximum absolute atomic E-state index is 5.48. The van der Waals surface area contributed by atoms with Crippen molar-refractivity contribution in [1.29, 1.82) is 0 Å². The number of hydrazine groups is 1. The van der Waals surface area contributed by atoms with Gasteiger partial charge in [0.1, 0.15) is 0 Å². The second kappa shape index (κ2) is 7.76. The summed E-state index contributed by atoms with van der Waals surface area (Å²) >= 11 is 0. The molecule has 19 heavy (non-hydrogen) atoms. The second-order valence-electron chi connectivity index (χ2n) is 4.71. The number of nitrogens with zero attached hydrogens (tertiary/aromatic N) is 1. The van der Waals surface area contributed by atoms with E-state index in [0.29, 0.717) is 12.6 Å². The summed E-state index contributed by atoms with van der Waals surface area (Å²) in [6, 6.07) is 8.50. The Bertz CT molecular complexity index is 402. The van der Waals surface area contributed by atoms with Gasteiger partial charge in [0, 0.05) is 13.2 Å². The Hall–Kier alpha value is -1.59. The lowest BCUT2D eigenvalue weighted by atomic mass is 10.1. The van der Waals surface area contributed by atoms with Crippen molar-refractivity contribution in [3.8, 4) is 0 Å². The highest BCUT2D eigenvalue weighted by molar-refractivity contribution is 5.79. The number of aryl methyl sites for hydroxylation is 1. The van der Waals surface area contributed by atoms with Gasteiger partial charge in [-0.15, -0.1) is 0 Å². The van der Waals surface area contributed by atoms with Gasteiger partial charge in [-0.1, -0.05) is 29.8 Å². The highest BCUT2D eigenvalue weighted by Crippen LogP contribution is 2.16. The Morgan fingerprint density at radius 2 is 1.95 bits per heavy atom. The van der Waals surface area contributed by atoms with Crippen LogP contribution in [-0.4, -0.2) is 25.7 Å². The molecule has 0 aliphatic carbocycles. The first-order chi connectivity index (χ1) is 9.06. The fraction of sp³-hybridized carbons (Fsp3) is 0.500. The normalized spacial score (nSPS) is 14.9. The van der Waals surface area contributed by atoms with E-state index in [1.807, 2.05) is 13.8 Å². The van der Waals surface area contributed by atoms with Gasteiger partial charge in [-0.3, -0.25) is 5.43 Å². The summed E-state index contributed by atoms with van der Waals surface area (Å²) in [4.78, 5) is 4.53. The van der Waals surface area contributed by atoms with Gasteiger partial charge < -0.3 is 10.1 Å². The highest BCUT2D eigenvalue weighted by Gasteiger charge is 2.08. The predicted molar refractivity (Wildman–Crippen MR) is 78.8 cm³/mol. The lowest BCUT2D eigenvalue weighted by Gasteiger charge is -2.17. The molecule has 0 aliphatic rings. The van der Waals surface area contributed by atoms with E-state index in [-0.39, 0.29) is 12.1 Å². The molecule has 1 aromatic rings. The third-order valence-corrected chi connectivity index (χ3v) is 2.82. The number of rotatable bonds is 5. The molecule has 2 atom stereocenters. The van der Waals surface area contributed by atoms with Crippen LogP contribution in [0.2, 0.25) is 0 Å². The molecule has 0 radical (unpaired) electrons. The molecule has 1 rings (SSSR count). The number of ether oxygens (including phenoxy) is 1. The maximum Gasteiger partial charge on any atom is 0.206 e. The van der Waals surface area contributed by atoms with E-state index in [4.69, 9.17) is 10.6 Å². The van der Waals surface area contributed by atoms with Crippen LogP contribution in [0.5, 0.6) is 0 Å². The number of nitrogens with two attached hydrogens (primary N) is 1. The number of methoxy groups -OCH3 is 1. The van der Waals surface area contributed by atoms with Crippen LogP contribution in [0.4, 0.5) is 0 Å². The van der Waals surface area contributed by atoms with Crippen LogP contribution in [0, 0.1) is 6.92 Å². The quantitative estimate of drug-likeness (QED) is 0.326. The zero-order valence-electron chi connectivity index (χ0n) is 12.1. The SMILES string of the molecule is COCC(C)NC(=NC(C)c1ccc(C)cc1)NN. The summed E-state index contributed by atoms with van der Waals surface area (Å²) in [5, 5.41) is 3.17. The lowest BCUT2D eigenvalue weighted by molar-refractivity contribution is 0.179. The molecule has 0 bridgehead atoms. The minimum absolute atomic E-state index is 0.0360. The summed E-state index contributed by atoms with van der Waals surface area (Å²) in [6.45, 7) is 6.70. The molecule has 0 aromatic heterocycles. The average molecular weight is 264 g/mol. The van der Waals surface area contributed by atoms with Crippen molar-refractivity contribution in [1.82, 2.24) is 10.7 Å².